The molecule has 0 radical (unpaired) electrons. The highest BCUT2D eigenvalue weighted by Gasteiger charge is 2.07. The minimum Gasteiger partial charge on any atom is -0.466 e. The number of carbonyl (C=O) groups is 2. The SMILES string of the molecule is C.CCOC(=O)Cc1ccc(C(=O)CCCCl)cc1. The average molecular weight is 285 g/mol. The maximum absolute atomic E-state index is 11.7. The number of ether oxygens (including phenoxy) is 1. The molecule has 0 N–H and O–H groups in total. The van der Waals surface area contributed by atoms with E-state index in [-0.39, 0.29) is 25.6 Å². The van der Waals surface area contributed by atoms with Gasteiger partial charge in [-0.3, -0.25) is 9.59 Å². The van der Waals surface area contributed by atoms with Crippen LogP contribution in [0.1, 0.15) is 43.1 Å². The molecule has 0 atom stereocenters. The van der Waals surface area contributed by atoms with Gasteiger partial charge in [-0.1, -0.05) is 31.7 Å². The first kappa shape index (κ1) is 17.6. The predicted octanol–water partition coefficient (Wildman–Crippen LogP) is 3.63. The zero-order valence-corrected chi connectivity index (χ0v) is 11.2. The topological polar surface area (TPSA) is 43.4 Å². The van der Waals surface area contributed by atoms with Gasteiger partial charge < -0.3 is 4.74 Å². The summed E-state index contributed by atoms with van der Waals surface area (Å²) in [7, 11) is 0. The van der Waals surface area contributed by atoms with Crippen molar-refractivity contribution in [3.8, 4) is 0 Å². The van der Waals surface area contributed by atoms with E-state index >= 15 is 0 Å². The summed E-state index contributed by atoms with van der Waals surface area (Å²) in [6, 6.07) is 7.05. The van der Waals surface area contributed by atoms with Gasteiger partial charge in [-0.05, 0) is 18.9 Å². The fourth-order valence-electron chi connectivity index (χ4n) is 1.56. The average Bonchev–Trinajstić information content (AvgIpc) is 2.37. The molecule has 0 amide bonds. The van der Waals surface area contributed by atoms with Crippen LogP contribution in [-0.2, 0) is 16.0 Å². The third kappa shape index (κ3) is 6.39. The van der Waals surface area contributed by atoms with E-state index in [2.05, 4.69) is 0 Å². The Morgan fingerprint density at radius 2 is 1.84 bits per heavy atom. The summed E-state index contributed by atoms with van der Waals surface area (Å²) in [5, 5.41) is 0. The number of Topliss-reactive ketones (excluding diaryl/α,β-unsaturated/α-hetero) is 1. The van der Waals surface area contributed by atoms with Crippen LogP contribution in [-0.4, -0.2) is 24.2 Å². The number of benzene rings is 1. The smallest absolute Gasteiger partial charge is 0.310 e. The number of carbonyl (C=O) groups excluding carboxylic acids is 2. The highest BCUT2D eigenvalue weighted by molar-refractivity contribution is 6.18. The second kappa shape index (κ2) is 9.56. The largest absolute Gasteiger partial charge is 0.466 e. The molecule has 0 aliphatic carbocycles. The van der Waals surface area contributed by atoms with E-state index in [0.717, 1.165) is 5.56 Å². The summed E-state index contributed by atoms with van der Waals surface area (Å²) in [5.41, 5.74) is 1.51. The van der Waals surface area contributed by atoms with E-state index in [4.69, 9.17) is 16.3 Å². The van der Waals surface area contributed by atoms with Gasteiger partial charge in [-0.25, -0.2) is 0 Å². The van der Waals surface area contributed by atoms with Crippen LogP contribution in [0.15, 0.2) is 24.3 Å². The summed E-state index contributed by atoms with van der Waals surface area (Å²) >= 11 is 5.54. The molecule has 0 heterocycles. The number of hydrogen-bond acceptors (Lipinski definition) is 3. The van der Waals surface area contributed by atoms with Crippen molar-refractivity contribution < 1.29 is 14.3 Å². The van der Waals surface area contributed by atoms with Crippen LogP contribution in [0.25, 0.3) is 0 Å². The van der Waals surface area contributed by atoms with E-state index in [1.165, 1.54) is 0 Å². The predicted molar refractivity (Wildman–Crippen MR) is 77.8 cm³/mol. The molecule has 0 aromatic heterocycles. The minimum absolute atomic E-state index is 0. The Hall–Kier alpha value is -1.35. The van der Waals surface area contributed by atoms with E-state index < -0.39 is 0 Å². The number of rotatable bonds is 7. The minimum atomic E-state index is -0.251. The third-order valence-corrected chi connectivity index (χ3v) is 2.73. The zero-order valence-electron chi connectivity index (χ0n) is 10.4. The van der Waals surface area contributed by atoms with Crippen molar-refractivity contribution in [2.24, 2.45) is 0 Å². The molecule has 1 aromatic rings. The lowest BCUT2D eigenvalue weighted by atomic mass is 10.0. The van der Waals surface area contributed by atoms with E-state index in [1.54, 1.807) is 31.2 Å². The van der Waals surface area contributed by atoms with Crippen LogP contribution in [0.4, 0.5) is 0 Å². The summed E-state index contributed by atoms with van der Waals surface area (Å²) in [6.45, 7) is 2.16. The fraction of sp³-hybridized carbons (Fsp3) is 0.467. The molecule has 0 fully saturated rings. The van der Waals surface area contributed by atoms with Crippen LogP contribution in [0, 0.1) is 0 Å². The first-order valence-corrected chi connectivity index (χ1v) is 6.54. The molecule has 0 unspecified atom stereocenters. The van der Waals surface area contributed by atoms with Crippen molar-refractivity contribution in [2.45, 2.75) is 33.6 Å². The highest BCUT2D eigenvalue weighted by atomic mass is 35.5. The van der Waals surface area contributed by atoms with Crippen LogP contribution >= 0.6 is 11.6 Å². The van der Waals surface area contributed by atoms with Gasteiger partial charge in [0.1, 0.15) is 0 Å². The van der Waals surface area contributed by atoms with Crippen molar-refractivity contribution in [3.63, 3.8) is 0 Å². The Morgan fingerprint density at radius 1 is 1.21 bits per heavy atom. The summed E-state index contributed by atoms with van der Waals surface area (Å²) in [6.07, 6.45) is 1.38. The lowest BCUT2D eigenvalue weighted by Gasteiger charge is -2.03. The van der Waals surface area contributed by atoms with Crippen molar-refractivity contribution >= 4 is 23.4 Å². The van der Waals surface area contributed by atoms with Crippen LogP contribution in [0.3, 0.4) is 0 Å². The van der Waals surface area contributed by atoms with Gasteiger partial charge in [0.2, 0.25) is 0 Å². The molecule has 106 valence electrons. The summed E-state index contributed by atoms with van der Waals surface area (Å²) < 4.78 is 4.86. The molecule has 3 nitrogen and oxygen atoms in total. The van der Waals surface area contributed by atoms with E-state index in [9.17, 15) is 9.59 Å². The van der Waals surface area contributed by atoms with E-state index in [1.807, 2.05) is 0 Å². The van der Waals surface area contributed by atoms with E-state index in [0.29, 0.717) is 30.9 Å². The second-order valence-electron chi connectivity index (χ2n) is 3.89. The Bertz CT molecular complexity index is 398. The molecular weight excluding hydrogens is 264 g/mol. The summed E-state index contributed by atoms with van der Waals surface area (Å²) in [4.78, 5) is 23.0. The summed E-state index contributed by atoms with van der Waals surface area (Å²) in [5.74, 6) is 0.323. The quantitative estimate of drug-likeness (QED) is 0.436. The van der Waals surface area contributed by atoms with Crippen molar-refractivity contribution in [2.75, 3.05) is 12.5 Å². The molecule has 19 heavy (non-hydrogen) atoms. The Balaban J connectivity index is 0.00000324. The maximum atomic E-state index is 11.7. The van der Waals surface area contributed by atoms with Crippen LogP contribution in [0.2, 0.25) is 0 Å². The van der Waals surface area contributed by atoms with Gasteiger partial charge in [0.25, 0.3) is 0 Å². The Labute approximate surface area is 119 Å². The van der Waals surface area contributed by atoms with Gasteiger partial charge in [0, 0.05) is 17.9 Å². The normalized spacial score (nSPS) is 9.58. The Kier molecular flexibility index (Phi) is 8.88. The standard InChI is InChI=1S/C14H17ClO3.CH4/c1-2-18-14(17)10-11-5-7-12(8-6-11)13(16)4-3-9-15;/h5-8H,2-4,9-10H2,1H3;1H4. The number of alkyl halides is 1. The second-order valence-corrected chi connectivity index (χ2v) is 4.27. The fourth-order valence-corrected chi connectivity index (χ4v) is 1.69. The zero-order chi connectivity index (χ0) is 13.4. The first-order valence-electron chi connectivity index (χ1n) is 6.01. The molecule has 0 saturated carbocycles. The van der Waals surface area contributed by atoms with Gasteiger partial charge in [-0.15, -0.1) is 11.6 Å². The van der Waals surface area contributed by atoms with Gasteiger partial charge >= 0.3 is 5.97 Å². The number of hydrogen-bond donors (Lipinski definition) is 0. The molecule has 0 bridgehead atoms. The molecule has 0 aliphatic heterocycles. The third-order valence-electron chi connectivity index (χ3n) is 2.47. The van der Waals surface area contributed by atoms with Crippen molar-refractivity contribution in [1.82, 2.24) is 0 Å². The lowest BCUT2D eigenvalue weighted by molar-refractivity contribution is -0.142. The molecule has 0 saturated heterocycles. The first-order chi connectivity index (χ1) is 8.67. The lowest BCUT2D eigenvalue weighted by Crippen LogP contribution is -2.07. The van der Waals surface area contributed by atoms with Crippen LogP contribution < -0.4 is 0 Å². The molecule has 0 aliphatic rings. The molecule has 4 heteroatoms. The van der Waals surface area contributed by atoms with Gasteiger partial charge in [-0.2, -0.15) is 0 Å². The maximum Gasteiger partial charge on any atom is 0.310 e. The van der Waals surface area contributed by atoms with Gasteiger partial charge in [0.15, 0.2) is 5.78 Å². The number of esters is 1. The van der Waals surface area contributed by atoms with Gasteiger partial charge in [0.05, 0.1) is 13.0 Å². The molecular formula is C15H21ClO3. The number of ketones is 1. The Morgan fingerprint density at radius 3 is 2.37 bits per heavy atom. The van der Waals surface area contributed by atoms with Crippen molar-refractivity contribution in [3.05, 3.63) is 35.4 Å². The molecule has 0 spiro atoms. The molecule has 1 aromatic carbocycles. The van der Waals surface area contributed by atoms with Crippen LogP contribution in [0.5, 0.6) is 0 Å². The highest BCUT2D eigenvalue weighted by Crippen LogP contribution is 2.09. The monoisotopic (exact) mass is 284 g/mol. The number of halogens is 1. The van der Waals surface area contributed by atoms with Crippen molar-refractivity contribution in [1.29, 1.82) is 0 Å². The molecule has 1 rings (SSSR count).